The molecular formula is C24H24ClNO4. The second-order valence-corrected chi connectivity index (χ2v) is 7.80. The fraction of sp³-hybridized carbons (Fsp3) is 0.250. The molecule has 3 rings (SSSR count). The van der Waals surface area contributed by atoms with E-state index in [1.165, 1.54) is 0 Å². The molecule has 0 fully saturated rings. The number of ether oxygens (including phenoxy) is 2. The van der Waals surface area contributed by atoms with Gasteiger partial charge in [-0.3, -0.25) is 0 Å². The van der Waals surface area contributed by atoms with E-state index in [2.05, 4.69) is 4.98 Å². The van der Waals surface area contributed by atoms with Crippen molar-refractivity contribution in [3.05, 3.63) is 75.9 Å². The Morgan fingerprint density at radius 3 is 2.53 bits per heavy atom. The maximum atomic E-state index is 11.7. The van der Waals surface area contributed by atoms with Crippen LogP contribution in [0.4, 0.5) is 0 Å². The first-order valence-corrected chi connectivity index (χ1v) is 10.0. The van der Waals surface area contributed by atoms with Crippen molar-refractivity contribution >= 4 is 17.6 Å². The topological polar surface area (TPSA) is 68.7 Å². The Bertz CT molecular complexity index is 1080. The van der Waals surface area contributed by atoms with Gasteiger partial charge in [-0.05, 0) is 75.2 Å². The van der Waals surface area contributed by atoms with E-state index in [1.807, 2.05) is 52.0 Å². The van der Waals surface area contributed by atoms with Gasteiger partial charge in [0.2, 0.25) is 0 Å². The number of carboxylic acids is 1. The van der Waals surface area contributed by atoms with Crippen molar-refractivity contribution in [3.8, 4) is 22.8 Å². The molecule has 0 aliphatic heterocycles. The molecule has 0 saturated heterocycles. The minimum absolute atomic E-state index is 0.0354. The molecule has 5 nitrogen and oxygen atoms in total. The van der Waals surface area contributed by atoms with Gasteiger partial charge < -0.3 is 14.6 Å². The number of rotatable bonds is 7. The van der Waals surface area contributed by atoms with Gasteiger partial charge in [0.15, 0.2) is 0 Å². The summed E-state index contributed by atoms with van der Waals surface area (Å²) in [6.07, 6.45) is -0.0485. The summed E-state index contributed by atoms with van der Waals surface area (Å²) < 4.78 is 11.8. The maximum Gasteiger partial charge on any atom is 0.337 e. The van der Waals surface area contributed by atoms with Crippen molar-refractivity contribution in [2.45, 2.75) is 40.4 Å². The fourth-order valence-corrected chi connectivity index (χ4v) is 3.19. The molecule has 0 amide bonds. The highest BCUT2D eigenvalue weighted by Gasteiger charge is 2.17. The quantitative estimate of drug-likeness (QED) is 0.496. The van der Waals surface area contributed by atoms with Gasteiger partial charge in [0.1, 0.15) is 18.1 Å². The van der Waals surface area contributed by atoms with Crippen molar-refractivity contribution < 1.29 is 19.4 Å². The second-order valence-electron chi connectivity index (χ2n) is 7.36. The molecule has 1 aromatic heterocycles. The van der Waals surface area contributed by atoms with E-state index >= 15 is 0 Å². The van der Waals surface area contributed by atoms with Gasteiger partial charge in [-0.15, -0.1) is 0 Å². The van der Waals surface area contributed by atoms with E-state index in [0.29, 0.717) is 27.9 Å². The number of pyridine rings is 1. The van der Waals surface area contributed by atoms with Crippen molar-refractivity contribution in [2.75, 3.05) is 0 Å². The Hall–Kier alpha value is -3.05. The standard InChI is InChI=1S/C24H24ClNO4/c1-14(2)30-23-12-17(25)7-8-18(23)20-10-9-19(24(27)28)21(26-20)13-29-22-11-15(3)5-6-16(22)4/h5-12,14H,13H2,1-4H3,(H,27,28). The number of benzene rings is 2. The molecule has 6 heteroatoms. The van der Waals surface area contributed by atoms with Gasteiger partial charge in [0, 0.05) is 10.6 Å². The van der Waals surface area contributed by atoms with Gasteiger partial charge in [-0.25, -0.2) is 9.78 Å². The van der Waals surface area contributed by atoms with Crippen molar-refractivity contribution in [2.24, 2.45) is 0 Å². The van der Waals surface area contributed by atoms with Crippen LogP contribution in [0.3, 0.4) is 0 Å². The summed E-state index contributed by atoms with van der Waals surface area (Å²) in [5.74, 6) is 0.242. The molecule has 0 radical (unpaired) electrons. The van der Waals surface area contributed by atoms with Crippen LogP contribution in [0.1, 0.15) is 41.0 Å². The van der Waals surface area contributed by atoms with Gasteiger partial charge >= 0.3 is 5.97 Å². The van der Waals surface area contributed by atoms with Gasteiger partial charge in [-0.1, -0.05) is 23.7 Å². The van der Waals surface area contributed by atoms with Crippen LogP contribution in [0.2, 0.25) is 5.02 Å². The van der Waals surface area contributed by atoms with E-state index in [0.717, 1.165) is 16.7 Å². The lowest BCUT2D eigenvalue weighted by Crippen LogP contribution is -2.10. The van der Waals surface area contributed by atoms with Crippen LogP contribution in [0, 0.1) is 13.8 Å². The summed E-state index contributed by atoms with van der Waals surface area (Å²) in [4.78, 5) is 16.3. The molecule has 1 N–H and O–H groups in total. The van der Waals surface area contributed by atoms with Crippen molar-refractivity contribution in [1.29, 1.82) is 0 Å². The highest BCUT2D eigenvalue weighted by Crippen LogP contribution is 2.33. The van der Waals surface area contributed by atoms with Gasteiger partial charge in [-0.2, -0.15) is 0 Å². The minimum Gasteiger partial charge on any atom is -0.490 e. The summed E-state index contributed by atoms with van der Waals surface area (Å²) in [5.41, 5.74) is 3.80. The van der Waals surface area contributed by atoms with Crippen LogP contribution in [0.5, 0.6) is 11.5 Å². The summed E-state index contributed by atoms with van der Waals surface area (Å²) in [6, 6.07) is 14.4. The molecule has 156 valence electrons. The summed E-state index contributed by atoms with van der Waals surface area (Å²) in [6.45, 7) is 7.81. The summed E-state index contributed by atoms with van der Waals surface area (Å²) >= 11 is 6.13. The van der Waals surface area contributed by atoms with Crippen molar-refractivity contribution in [3.63, 3.8) is 0 Å². The average Bonchev–Trinajstić information content (AvgIpc) is 2.68. The first-order valence-electron chi connectivity index (χ1n) is 9.64. The largest absolute Gasteiger partial charge is 0.490 e. The molecule has 0 unspecified atom stereocenters. The maximum absolute atomic E-state index is 11.7. The lowest BCUT2D eigenvalue weighted by atomic mass is 10.1. The lowest BCUT2D eigenvalue weighted by Gasteiger charge is -2.16. The van der Waals surface area contributed by atoms with Crippen LogP contribution in [-0.2, 0) is 6.61 Å². The Morgan fingerprint density at radius 2 is 1.83 bits per heavy atom. The number of aromatic carboxylic acids is 1. The zero-order valence-electron chi connectivity index (χ0n) is 17.4. The second kappa shape index (κ2) is 9.18. The van der Waals surface area contributed by atoms with Crippen LogP contribution >= 0.6 is 11.6 Å². The number of hydrogen-bond acceptors (Lipinski definition) is 4. The first-order chi connectivity index (χ1) is 14.2. The van der Waals surface area contributed by atoms with Crippen molar-refractivity contribution in [1.82, 2.24) is 4.98 Å². The Labute approximate surface area is 181 Å². The molecule has 0 aliphatic carbocycles. The molecule has 0 bridgehead atoms. The van der Waals surface area contributed by atoms with E-state index in [-0.39, 0.29) is 18.3 Å². The molecule has 2 aromatic carbocycles. The third-order valence-corrected chi connectivity index (χ3v) is 4.73. The monoisotopic (exact) mass is 425 g/mol. The zero-order chi connectivity index (χ0) is 21.8. The molecule has 0 atom stereocenters. The summed E-state index contributed by atoms with van der Waals surface area (Å²) in [7, 11) is 0. The fourth-order valence-electron chi connectivity index (χ4n) is 3.02. The number of aryl methyl sites for hydroxylation is 2. The third-order valence-electron chi connectivity index (χ3n) is 4.49. The predicted molar refractivity (Wildman–Crippen MR) is 118 cm³/mol. The van der Waals surface area contributed by atoms with Gasteiger partial charge in [0.25, 0.3) is 0 Å². The molecule has 3 aromatic rings. The predicted octanol–water partition coefficient (Wildman–Crippen LogP) is 6.08. The third kappa shape index (κ3) is 5.10. The van der Waals surface area contributed by atoms with E-state index in [9.17, 15) is 9.90 Å². The number of halogens is 1. The SMILES string of the molecule is Cc1ccc(C)c(OCc2nc(-c3ccc(Cl)cc3OC(C)C)ccc2C(=O)O)c1. The first kappa shape index (κ1) is 21.7. The van der Waals surface area contributed by atoms with E-state index in [4.69, 9.17) is 21.1 Å². The summed E-state index contributed by atoms with van der Waals surface area (Å²) in [5, 5.41) is 10.1. The Balaban J connectivity index is 1.99. The lowest BCUT2D eigenvalue weighted by molar-refractivity contribution is 0.0693. The molecular weight excluding hydrogens is 402 g/mol. The Kier molecular flexibility index (Phi) is 6.63. The highest BCUT2D eigenvalue weighted by atomic mass is 35.5. The average molecular weight is 426 g/mol. The number of hydrogen-bond donors (Lipinski definition) is 1. The van der Waals surface area contributed by atoms with Crippen LogP contribution < -0.4 is 9.47 Å². The molecule has 1 heterocycles. The molecule has 0 saturated carbocycles. The molecule has 30 heavy (non-hydrogen) atoms. The van der Waals surface area contributed by atoms with Crippen LogP contribution in [-0.4, -0.2) is 22.2 Å². The van der Waals surface area contributed by atoms with E-state index < -0.39 is 5.97 Å². The minimum atomic E-state index is -1.05. The number of nitrogens with zero attached hydrogens (tertiary/aromatic N) is 1. The van der Waals surface area contributed by atoms with E-state index in [1.54, 1.807) is 24.3 Å². The van der Waals surface area contributed by atoms with Crippen LogP contribution in [0.15, 0.2) is 48.5 Å². The number of carbonyl (C=O) groups is 1. The van der Waals surface area contributed by atoms with Crippen LogP contribution in [0.25, 0.3) is 11.3 Å². The molecule has 0 aliphatic rings. The van der Waals surface area contributed by atoms with Gasteiger partial charge in [0.05, 0.1) is 23.1 Å². The highest BCUT2D eigenvalue weighted by molar-refractivity contribution is 6.30. The number of aromatic nitrogens is 1. The normalized spacial score (nSPS) is 10.9. The zero-order valence-corrected chi connectivity index (χ0v) is 18.2. The number of carboxylic acid groups (broad SMARTS) is 1. The molecule has 0 spiro atoms. The Morgan fingerprint density at radius 1 is 1.07 bits per heavy atom. The smallest absolute Gasteiger partial charge is 0.337 e.